The Balaban J connectivity index is 1.61. The Bertz CT molecular complexity index is 1200. The lowest BCUT2D eigenvalue weighted by molar-refractivity contribution is 0.896. The predicted molar refractivity (Wildman–Crippen MR) is 122 cm³/mol. The fraction of sp³-hybridized carbons (Fsp3) is 0.0833. The first kappa shape index (κ1) is 18.1. The van der Waals surface area contributed by atoms with Gasteiger partial charge in [0.25, 0.3) is 0 Å². The van der Waals surface area contributed by atoms with Crippen molar-refractivity contribution >= 4 is 28.6 Å². The van der Waals surface area contributed by atoms with Crippen LogP contribution in [0.3, 0.4) is 0 Å². The summed E-state index contributed by atoms with van der Waals surface area (Å²) in [7, 11) is 0. The van der Waals surface area contributed by atoms with E-state index in [1.165, 1.54) is 0 Å². The molecule has 2 aromatic heterocycles. The van der Waals surface area contributed by atoms with E-state index < -0.39 is 0 Å². The van der Waals surface area contributed by atoms with Crippen molar-refractivity contribution in [2.75, 3.05) is 0 Å². The minimum Gasteiger partial charge on any atom is -0.234 e. The molecule has 1 aliphatic rings. The summed E-state index contributed by atoms with van der Waals surface area (Å²) in [6, 6.07) is 20.2. The summed E-state index contributed by atoms with van der Waals surface area (Å²) in [5.41, 5.74) is 6.08. The molecule has 5 rings (SSSR count). The van der Waals surface area contributed by atoms with Gasteiger partial charge in [0.2, 0.25) is 0 Å². The maximum absolute atomic E-state index is 6.06. The summed E-state index contributed by atoms with van der Waals surface area (Å²) < 4.78 is 2.00. The van der Waals surface area contributed by atoms with Gasteiger partial charge in [-0.25, -0.2) is 9.67 Å². The van der Waals surface area contributed by atoms with E-state index in [0.717, 1.165) is 56.8 Å². The summed E-state index contributed by atoms with van der Waals surface area (Å²) in [6.07, 6.45) is 8.65. The van der Waals surface area contributed by atoms with Crippen molar-refractivity contribution in [3.05, 3.63) is 89.3 Å². The van der Waals surface area contributed by atoms with E-state index in [4.69, 9.17) is 21.7 Å². The molecule has 2 aromatic carbocycles. The van der Waals surface area contributed by atoms with Crippen LogP contribution in [0.25, 0.3) is 38.9 Å². The van der Waals surface area contributed by atoms with Gasteiger partial charge in [-0.3, -0.25) is 0 Å². The largest absolute Gasteiger partial charge is 0.234 e. The first-order valence-electron chi connectivity index (χ1n) is 9.52. The lowest BCUT2D eigenvalue weighted by Crippen LogP contribution is -2.02. The topological polar surface area (TPSA) is 30.7 Å². The van der Waals surface area contributed by atoms with Gasteiger partial charge in [0, 0.05) is 21.5 Å². The SMILES string of the molecule is Clc1ccc(-c2cc(-c3csc(-c4ccccc4)n3)n(C3=CCCC=C3)n2)cc1. The zero-order valence-corrected chi connectivity index (χ0v) is 17.2. The third-order valence-electron chi connectivity index (χ3n) is 4.86. The normalized spacial score (nSPS) is 13.5. The van der Waals surface area contributed by atoms with Crippen molar-refractivity contribution in [1.29, 1.82) is 0 Å². The van der Waals surface area contributed by atoms with Crippen LogP contribution in [0.5, 0.6) is 0 Å². The second-order valence-corrected chi connectivity index (χ2v) is 8.14. The summed E-state index contributed by atoms with van der Waals surface area (Å²) in [4.78, 5) is 4.91. The molecule has 0 aliphatic heterocycles. The van der Waals surface area contributed by atoms with Crippen molar-refractivity contribution in [1.82, 2.24) is 14.8 Å². The Labute approximate surface area is 178 Å². The van der Waals surface area contributed by atoms with Gasteiger partial charge >= 0.3 is 0 Å². The highest BCUT2D eigenvalue weighted by molar-refractivity contribution is 7.13. The third-order valence-corrected chi connectivity index (χ3v) is 6.00. The number of halogens is 1. The Morgan fingerprint density at radius 1 is 0.897 bits per heavy atom. The molecule has 5 heteroatoms. The predicted octanol–water partition coefficient (Wildman–Crippen LogP) is 7.18. The molecule has 1 aliphatic carbocycles. The second-order valence-electron chi connectivity index (χ2n) is 6.85. The number of allylic oxidation sites excluding steroid dienone is 4. The Morgan fingerprint density at radius 2 is 1.72 bits per heavy atom. The van der Waals surface area contributed by atoms with Crippen LogP contribution in [0, 0.1) is 0 Å². The van der Waals surface area contributed by atoms with E-state index in [1.807, 2.05) is 47.1 Å². The van der Waals surface area contributed by atoms with Crippen molar-refractivity contribution < 1.29 is 0 Å². The van der Waals surface area contributed by atoms with E-state index in [2.05, 4.69) is 41.8 Å². The van der Waals surface area contributed by atoms with E-state index >= 15 is 0 Å². The summed E-state index contributed by atoms with van der Waals surface area (Å²) in [5, 5.41) is 8.75. The number of thiazole rings is 1. The molecular formula is C24H18ClN3S. The fourth-order valence-corrected chi connectivity index (χ4v) is 4.33. The van der Waals surface area contributed by atoms with Crippen LogP contribution >= 0.6 is 22.9 Å². The first-order valence-corrected chi connectivity index (χ1v) is 10.8. The zero-order chi connectivity index (χ0) is 19.6. The minimum absolute atomic E-state index is 0.721. The third kappa shape index (κ3) is 3.69. The molecule has 0 fully saturated rings. The Morgan fingerprint density at radius 3 is 2.48 bits per heavy atom. The monoisotopic (exact) mass is 415 g/mol. The van der Waals surface area contributed by atoms with Crippen molar-refractivity contribution in [2.45, 2.75) is 12.8 Å². The molecule has 0 saturated carbocycles. The second kappa shape index (κ2) is 7.82. The van der Waals surface area contributed by atoms with E-state index in [0.29, 0.717) is 0 Å². The number of hydrogen-bond donors (Lipinski definition) is 0. The highest BCUT2D eigenvalue weighted by atomic mass is 35.5. The van der Waals surface area contributed by atoms with Crippen LogP contribution in [0.15, 0.2) is 84.3 Å². The Kier molecular flexibility index (Phi) is 4.88. The summed E-state index contributed by atoms with van der Waals surface area (Å²) in [5.74, 6) is 0. The smallest absolute Gasteiger partial charge is 0.124 e. The highest BCUT2D eigenvalue weighted by Crippen LogP contribution is 2.33. The molecule has 142 valence electrons. The van der Waals surface area contributed by atoms with Gasteiger partial charge in [-0.15, -0.1) is 11.3 Å². The van der Waals surface area contributed by atoms with Gasteiger partial charge in [0.15, 0.2) is 0 Å². The summed E-state index contributed by atoms with van der Waals surface area (Å²) in [6.45, 7) is 0. The molecule has 0 N–H and O–H groups in total. The van der Waals surface area contributed by atoms with Crippen LogP contribution < -0.4 is 0 Å². The molecule has 0 unspecified atom stereocenters. The molecule has 2 heterocycles. The minimum atomic E-state index is 0.721. The van der Waals surface area contributed by atoms with Crippen LogP contribution in [0.1, 0.15) is 12.8 Å². The average molecular weight is 416 g/mol. The molecule has 4 aromatic rings. The molecule has 3 nitrogen and oxygen atoms in total. The number of benzene rings is 2. The van der Waals surface area contributed by atoms with Crippen molar-refractivity contribution in [3.63, 3.8) is 0 Å². The zero-order valence-electron chi connectivity index (χ0n) is 15.6. The Hall–Kier alpha value is -2.95. The van der Waals surface area contributed by atoms with Gasteiger partial charge < -0.3 is 0 Å². The molecule has 0 saturated heterocycles. The highest BCUT2D eigenvalue weighted by Gasteiger charge is 2.17. The van der Waals surface area contributed by atoms with Crippen LogP contribution in [0.2, 0.25) is 5.02 Å². The van der Waals surface area contributed by atoms with Crippen molar-refractivity contribution in [2.24, 2.45) is 0 Å². The number of rotatable bonds is 4. The molecular weight excluding hydrogens is 398 g/mol. The quantitative estimate of drug-likeness (QED) is 0.353. The van der Waals surface area contributed by atoms with Gasteiger partial charge in [-0.2, -0.15) is 5.10 Å². The lowest BCUT2D eigenvalue weighted by atomic mass is 10.1. The molecule has 0 amide bonds. The van der Waals surface area contributed by atoms with Crippen LogP contribution in [0.4, 0.5) is 0 Å². The van der Waals surface area contributed by atoms with Gasteiger partial charge in [-0.05, 0) is 37.1 Å². The van der Waals surface area contributed by atoms with Gasteiger partial charge in [0.05, 0.1) is 17.1 Å². The van der Waals surface area contributed by atoms with Crippen LogP contribution in [-0.4, -0.2) is 14.8 Å². The molecule has 0 radical (unpaired) electrons. The summed E-state index contributed by atoms with van der Waals surface area (Å²) >= 11 is 7.71. The van der Waals surface area contributed by atoms with Crippen molar-refractivity contribution in [3.8, 4) is 33.2 Å². The van der Waals surface area contributed by atoms with E-state index in [1.54, 1.807) is 11.3 Å². The van der Waals surface area contributed by atoms with E-state index in [9.17, 15) is 0 Å². The maximum Gasteiger partial charge on any atom is 0.124 e. The number of nitrogens with zero attached hydrogens (tertiary/aromatic N) is 3. The maximum atomic E-state index is 6.06. The average Bonchev–Trinajstić information content (AvgIpc) is 3.43. The van der Waals surface area contributed by atoms with E-state index in [-0.39, 0.29) is 0 Å². The standard InChI is InChI=1S/C24H18ClN3S/c25-19-13-11-17(12-14-19)21-15-23(28(27-21)20-9-5-2-6-10-20)22-16-29-24(26-22)18-7-3-1-4-8-18/h1,3-5,7-16H,2,6H2. The lowest BCUT2D eigenvalue weighted by Gasteiger charge is -2.10. The molecule has 0 atom stereocenters. The molecule has 0 bridgehead atoms. The molecule has 29 heavy (non-hydrogen) atoms. The van der Waals surface area contributed by atoms with Crippen LogP contribution in [-0.2, 0) is 0 Å². The number of hydrogen-bond acceptors (Lipinski definition) is 3. The van der Waals surface area contributed by atoms with Gasteiger partial charge in [-0.1, -0.05) is 66.2 Å². The first-order chi connectivity index (χ1) is 14.3. The number of aromatic nitrogens is 3. The fourth-order valence-electron chi connectivity index (χ4n) is 3.38. The van der Waals surface area contributed by atoms with Gasteiger partial charge in [0.1, 0.15) is 10.7 Å². The molecule has 0 spiro atoms.